The predicted octanol–water partition coefficient (Wildman–Crippen LogP) is 1.77. The number of carbonyl (C=O) groups is 1. The van der Waals surface area contributed by atoms with E-state index in [0.29, 0.717) is 43.7 Å². The molecule has 220 valence electrons. The number of hydrogen-bond acceptors (Lipinski definition) is 10. The van der Waals surface area contributed by atoms with E-state index in [4.69, 9.17) is 20.4 Å². The number of carbonyl (C=O) groups excluding carboxylic acids is 1. The Hall–Kier alpha value is -1.15. The molecule has 0 saturated carbocycles. The average Bonchev–Trinajstić information content (AvgIpc) is 3.07. The second kappa shape index (κ2) is 15.6. The van der Waals surface area contributed by atoms with Gasteiger partial charge in [-0.3, -0.25) is 14.1 Å². The van der Waals surface area contributed by atoms with Crippen LogP contribution in [0, 0.1) is 18.8 Å². The molecular weight excluding hydrogens is 543 g/mol. The van der Waals surface area contributed by atoms with Gasteiger partial charge in [-0.25, -0.2) is 4.79 Å². The average molecular weight is 585 g/mol. The molecule has 9 atom stereocenters. The number of nitrogens with zero attached hydrogens (tertiary/aromatic N) is 1. The molecule has 1 amide bonds. The summed E-state index contributed by atoms with van der Waals surface area (Å²) < 4.78 is 22.9. The van der Waals surface area contributed by atoms with Crippen molar-refractivity contribution < 1.29 is 38.4 Å². The van der Waals surface area contributed by atoms with Gasteiger partial charge in [-0.05, 0) is 64.7 Å². The number of aryl methyl sites for hydroxylation is 1. The molecule has 38 heavy (non-hydrogen) atoms. The van der Waals surface area contributed by atoms with Crippen molar-refractivity contribution in [2.75, 3.05) is 19.5 Å². The van der Waals surface area contributed by atoms with Gasteiger partial charge in [0.25, 0.3) is 0 Å². The van der Waals surface area contributed by atoms with Crippen LogP contribution in [0.2, 0.25) is 0 Å². The van der Waals surface area contributed by atoms with Crippen molar-refractivity contribution >= 4 is 29.3 Å². The number of amides is 1. The fourth-order valence-corrected chi connectivity index (χ4v) is 5.76. The molecule has 1 aliphatic heterocycles. The summed E-state index contributed by atoms with van der Waals surface area (Å²) in [6.07, 6.45) is -0.102. The maximum Gasteiger partial charge on any atom is 0.519 e. The summed E-state index contributed by atoms with van der Waals surface area (Å²) >= 11 is 7.33. The fraction of sp³-hybridized carbons (Fsp3) is 0.840. The van der Waals surface area contributed by atoms with Crippen LogP contribution < -0.4 is 11.1 Å². The minimum Gasteiger partial charge on any atom is -0.396 e. The first kappa shape index (κ1) is 33.1. The van der Waals surface area contributed by atoms with E-state index in [1.54, 1.807) is 27.0 Å². The predicted molar refractivity (Wildman–Crippen MR) is 143 cm³/mol. The van der Waals surface area contributed by atoms with E-state index in [1.165, 1.54) is 0 Å². The number of nitrogens with one attached hydrogen (secondary N) is 1. The summed E-state index contributed by atoms with van der Waals surface area (Å²) in [6, 6.07) is -1.41. The van der Waals surface area contributed by atoms with Crippen LogP contribution in [0.3, 0.4) is 0 Å². The Labute approximate surface area is 231 Å². The van der Waals surface area contributed by atoms with Gasteiger partial charge >= 0.3 is 5.82 Å². The van der Waals surface area contributed by atoms with Crippen LogP contribution >= 0.6 is 23.4 Å². The molecule has 1 fully saturated rings. The Morgan fingerprint density at radius 3 is 2.39 bits per heavy atom. The van der Waals surface area contributed by atoms with Gasteiger partial charge in [-0.15, -0.1) is 23.4 Å². The molecule has 0 radical (unpaired) electrons. The highest BCUT2D eigenvalue weighted by Gasteiger charge is 2.40. The number of halogens is 2. The van der Waals surface area contributed by atoms with Gasteiger partial charge in [0.2, 0.25) is 5.91 Å². The normalized spacial score (nSPS) is 24.6. The third kappa shape index (κ3) is 8.94. The van der Waals surface area contributed by atoms with Gasteiger partial charge in [-0.1, -0.05) is 6.92 Å². The zero-order chi connectivity index (χ0) is 28.6. The standard InChI is InChI=1S/C25H42ClFN2O8S/c1-13(20(30)21(31)22(32)24(34)38-4)19(14(2)26)28-23(33)17-8-7-16(6-5-10-27)9-11-29(17)12-18-15(3)36-25(35)37-18/h13-14,16-17,19-22,24,30-32,34H,5-12H2,1-4H3,(H,28,33)/t13-,14+,16+,17+,19+,20+,21+,22-,24-/m1/s1. The summed E-state index contributed by atoms with van der Waals surface area (Å²) in [6.45, 7) is 5.14. The molecule has 1 saturated heterocycles. The van der Waals surface area contributed by atoms with Crippen LogP contribution in [0.4, 0.5) is 4.39 Å². The lowest BCUT2D eigenvalue weighted by Gasteiger charge is -2.36. The van der Waals surface area contributed by atoms with Crippen LogP contribution in [0.1, 0.15) is 57.5 Å². The Balaban J connectivity index is 2.23. The monoisotopic (exact) mass is 584 g/mol. The van der Waals surface area contributed by atoms with Gasteiger partial charge < -0.3 is 34.6 Å². The Kier molecular flexibility index (Phi) is 13.6. The number of aliphatic hydroxyl groups is 4. The van der Waals surface area contributed by atoms with Crippen molar-refractivity contribution in [2.45, 2.75) is 101 Å². The van der Waals surface area contributed by atoms with E-state index in [0.717, 1.165) is 18.2 Å². The number of alkyl halides is 2. The van der Waals surface area contributed by atoms with Gasteiger partial charge in [0.05, 0.1) is 36.8 Å². The van der Waals surface area contributed by atoms with E-state index in [9.17, 15) is 34.4 Å². The van der Waals surface area contributed by atoms with Gasteiger partial charge in [0, 0.05) is 5.92 Å². The molecule has 1 aliphatic rings. The molecule has 10 nitrogen and oxygen atoms in total. The first-order valence-corrected chi connectivity index (χ1v) is 14.7. The highest BCUT2D eigenvalue weighted by atomic mass is 35.5. The van der Waals surface area contributed by atoms with Crippen molar-refractivity contribution in [3.63, 3.8) is 0 Å². The first-order chi connectivity index (χ1) is 17.9. The third-order valence-electron chi connectivity index (χ3n) is 7.49. The lowest BCUT2D eigenvalue weighted by molar-refractivity contribution is -0.130. The molecule has 0 bridgehead atoms. The molecule has 1 aromatic rings. The molecule has 1 aromatic heterocycles. The second-order valence-corrected chi connectivity index (χ2v) is 11.8. The molecule has 0 spiro atoms. The van der Waals surface area contributed by atoms with Crippen LogP contribution in [0.25, 0.3) is 0 Å². The Morgan fingerprint density at radius 1 is 1.16 bits per heavy atom. The lowest BCUT2D eigenvalue weighted by atomic mass is 9.88. The molecule has 0 unspecified atom stereocenters. The molecular formula is C25H42ClFN2O8S. The first-order valence-electron chi connectivity index (χ1n) is 13.0. The highest BCUT2D eigenvalue weighted by Crippen LogP contribution is 2.28. The largest absolute Gasteiger partial charge is 0.519 e. The van der Waals surface area contributed by atoms with Crippen LogP contribution in [0.5, 0.6) is 0 Å². The van der Waals surface area contributed by atoms with E-state index in [1.807, 2.05) is 4.90 Å². The number of aliphatic hydroxyl groups excluding tert-OH is 4. The zero-order valence-electron chi connectivity index (χ0n) is 22.4. The van der Waals surface area contributed by atoms with Gasteiger partial charge in [0.15, 0.2) is 5.76 Å². The Morgan fingerprint density at radius 2 is 1.84 bits per heavy atom. The van der Waals surface area contributed by atoms with E-state index in [2.05, 4.69) is 5.32 Å². The van der Waals surface area contributed by atoms with Crippen molar-refractivity contribution in [3.8, 4) is 0 Å². The highest BCUT2D eigenvalue weighted by molar-refractivity contribution is 7.99. The van der Waals surface area contributed by atoms with E-state index in [-0.39, 0.29) is 18.4 Å². The van der Waals surface area contributed by atoms with Crippen LogP contribution in [0.15, 0.2) is 13.6 Å². The smallest absolute Gasteiger partial charge is 0.396 e. The number of rotatable bonds is 14. The maximum absolute atomic E-state index is 13.6. The van der Waals surface area contributed by atoms with Crippen molar-refractivity contribution in [1.82, 2.24) is 10.2 Å². The summed E-state index contributed by atoms with van der Waals surface area (Å²) in [5.41, 5.74) is -1.30. The molecule has 13 heteroatoms. The van der Waals surface area contributed by atoms with Gasteiger partial charge in [-0.2, -0.15) is 0 Å². The van der Waals surface area contributed by atoms with Crippen LogP contribution in [-0.2, 0) is 11.3 Å². The summed E-state index contributed by atoms with van der Waals surface area (Å²) in [5.74, 6) is -1.06. The topological polar surface area (TPSA) is 157 Å². The summed E-state index contributed by atoms with van der Waals surface area (Å²) in [4.78, 5) is 27.1. The van der Waals surface area contributed by atoms with Gasteiger partial charge in [0.1, 0.15) is 23.4 Å². The number of likely N-dealkylation sites (tertiary alicyclic amines) is 1. The molecule has 0 aromatic carbocycles. The molecule has 5 N–H and O–H groups in total. The van der Waals surface area contributed by atoms with Crippen LogP contribution in [-0.4, -0.2) is 91.9 Å². The summed E-state index contributed by atoms with van der Waals surface area (Å²) in [7, 11) is 0. The number of thioether (sulfide) groups is 1. The van der Waals surface area contributed by atoms with Crippen molar-refractivity contribution in [3.05, 3.63) is 22.1 Å². The molecule has 2 rings (SSSR count). The van der Waals surface area contributed by atoms with E-state index < -0.39 is 59.6 Å². The number of hydrogen-bond donors (Lipinski definition) is 5. The molecule has 0 aliphatic carbocycles. The minimum atomic E-state index is -1.67. The zero-order valence-corrected chi connectivity index (χ0v) is 24.0. The van der Waals surface area contributed by atoms with Crippen molar-refractivity contribution in [1.29, 1.82) is 0 Å². The van der Waals surface area contributed by atoms with Crippen molar-refractivity contribution in [2.24, 2.45) is 11.8 Å². The minimum absolute atomic E-state index is 0.169. The maximum atomic E-state index is 13.6. The summed E-state index contributed by atoms with van der Waals surface area (Å²) in [5, 5.41) is 43.5. The fourth-order valence-electron chi connectivity index (χ4n) is 5.03. The SMILES string of the molecule is CS[C@@H](O)[C@H](O)[C@@H](O)[C@@H](O)[C@H](C)[C@H](NC(=O)[C@@H]1CC[C@H](CCCF)CCN1Cc1oc(=O)oc1C)[C@H](C)Cl. The lowest BCUT2D eigenvalue weighted by Crippen LogP contribution is -2.57. The third-order valence-corrected chi connectivity index (χ3v) is 8.52. The Bertz CT molecular complexity index is 918. The quantitative estimate of drug-likeness (QED) is 0.161. The molecule has 2 heterocycles. The van der Waals surface area contributed by atoms with E-state index >= 15 is 0 Å². The second-order valence-electron chi connectivity index (χ2n) is 10.2.